The van der Waals surface area contributed by atoms with Crippen molar-refractivity contribution in [3.8, 4) is 5.75 Å². The van der Waals surface area contributed by atoms with E-state index in [-0.39, 0.29) is 5.82 Å². The fourth-order valence-electron chi connectivity index (χ4n) is 2.91. The molecule has 2 aromatic rings. The molecule has 1 heterocycles. The number of para-hydroxylation sites is 2. The number of rotatable bonds is 3. The van der Waals surface area contributed by atoms with Crippen LogP contribution < -0.4 is 9.80 Å². The van der Waals surface area contributed by atoms with E-state index in [1.807, 2.05) is 24.3 Å². The highest BCUT2D eigenvalue weighted by Crippen LogP contribution is 2.25. The van der Waals surface area contributed by atoms with Crippen LogP contribution in [0.25, 0.3) is 0 Å². The minimum Gasteiger partial charge on any atom is -0.506 e. The van der Waals surface area contributed by atoms with Crippen molar-refractivity contribution in [2.24, 2.45) is 0 Å². The van der Waals surface area contributed by atoms with E-state index in [9.17, 15) is 9.50 Å². The molecule has 0 aromatic heterocycles. The van der Waals surface area contributed by atoms with Crippen LogP contribution in [0.1, 0.15) is 5.56 Å². The quantitative estimate of drug-likeness (QED) is 0.894. The lowest BCUT2D eigenvalue weighted by atomic mass is 10.2. The van der Waals surface area contributed by atoms with Gasteiger partial charge in [-0.3, -0.25) is 0 Å². The number of hydrogen-bond donors (Lipinski definition) is 2. The van der Waals surface area contributed by atoms with Crippen LogP contribution in [0.4, 0.5) is 10.1 Å². The number of quaternary nitrogens is 1. The molecule has 0 atom stereocenters. The number of phenols is 1. The van der Waals surface area contributed by atoms with Gasteiger partial charge in [-0.15, -0.1) is 0 Å². The van der Waals surface area contributed by atoms with Gasteiger partial charge in [0.15, 0.2) is 0 Å². The minimum absolute atomic E-state index is 0.167. The van der Waals surface area contributed by atoms with Gasteiger partial charge in [0, 0.05) is 5.56 Å². The lowest BCUT2D eigenvalue weighted by Crippen LogP contribution is -3.13. The third-order valence-corrected chi connectivity index (χ3v) is 4.04. The lowest BCUT2D eigenvalue weighted by Gasteiger charge is -2.34. The molecule has 1 aliphatic rings. The molecular formula is C17H20FN2O+. The summed E-state index contributed by atoms with van der Waals surface area (Å²) in [5.74, 6) is 0.172. The largest absolute Gasteiger partial charge is 0.506 e. The average Bonchev–Trinajstić information content (AvgIpc) is 2.49. The van der Waals surface area contributed by atoms with Crippen molar-refractivity contribution in [2.75, 3.05) is 31.1 Å². The van der Waals surface area contributed by atoms with Gasteiger partial charge in [-0.1, -0.05) is 24.3 Å². The van der Waals surface area contributed by atoms with E-state index in [0.29, 0.717) is 5.75 Å². The van der Waals surface area contributed by atoms with Gasteiger partial charge >= 0.3 is 0 Å². The number of aromatic hydroxyl groups is 1. The number of anilines is 1. The lowest BCUT2D eigenvalue weighted by molar-refractivity contribution is -0.914. The number of phenolic OH excluding ortho intramolecular Hbond substituents is 1. The Morgan fingerprint density at radius 1 is 1.05 bits per heavy atom. The number of hydrogen-bond acceptors (Lipinski definition) is 2. The Kier molecular flexibility index (Phi) is 4.06. The standard InChI is InChI=1S/C17H19FN2O/c18-15-5-3-4-14(12-15)13-19-8-10-20(11-9-19)16-6-1-2-7-17(16)21/h1-7,12,21H,8-11,13H2/p+1. The van der Waals surface area contributed by atoms with Gasteiger partial charge in [-0.2, -0.15) is 0 Å². The second-order valence-electron chi connectivity index (χ2n) is 5.53. The van der Waals surface area contributed by atoms with Gasteiger partial charge in [0.1, 0.15) is 18.1 Å². The Balaban J connectivity index is 1.59. The van der Waals surface area contributed by atoms with E-state index in [1.165, 1.54) is 11.0 Å². The molecular weight excluding hydrogens is 267 g/mol. The highest BCUT2D eigenvalue weighted by molar-refractivity contribution is 5.57. The van der Waals surface area contributed by atoms with Crippen molar-refractivity contribution >= 4 is 5.69 Å². The normalized spacial score (nSPS) is 16.1. The SMILES string of the molecule is Oc1ccccc1N1CC[NH+](Cc2cccc(F)c2)CC1. The molecule has 21 heavy (non-hydrogen) atoms. The molecule has 2 N–H and O–H groups in total. The maximum Gasteiger partial charge on any atom is 0.138 e. The first-order valence-electron chi connectivity index (χ1n) is 7.33. The van der Waals surface area contributed by atoms with Gasteiger partial charge in [-0.05, 0) is 24.3 Å². The van der Waals surface area contributed by atoms with Crippen molar-refractivity contribution in [3.05, 3.63) is 59.9 Å². The van der Waals surface area contributed by atoms with Crippen molar-refractivity contribution in [3.63, 3.8) is 0 Å². The molecule has 3 nitrogen and oxygen atoms in total. The van der Waals surface area contributed by atoms with E-state index >= 15 is 0 Å². The summed E-state index contributed by atoms with van der Waals surface area (Å²) >= 11 is 0. The van der Waals surface area contributed by atoms with Crippen LogP contribution in [0.15, 0.2) is 48.5 Å². The van der Waals surface area contributed by atoms with E-state index in [2.05, 4.69) is 4.90 Å². The van der Waals surface area contributed by atoms with Crippen LogP contribution in [-0.4, -0.2) is 31.3 Å². The van der Waals surface area contributed by atoms with Crippen molar-refractivity contribution < 1.29 is 14.4 Å². The monoisotopic (exact) mass is 287 g/mol. The average molecular weight is 287 g/mol. The summed E-state index contributed by atoms with van der Waals surface area (Å²) < 4.78 is 13.2. The van der Waals surface area contributed by atoms with Crippen molar-refractivity contribution in [1.82, 2.24) is 0 Å². The molecule has 1 aliphatic heterocycles. The van der Waals surface area contributed by atoms with E-state index in [4.69, 9.17) is 0 Å². The number of piperazine rings is 1. The molecule has 2 aromatic carbocycles. The zero-order valence-corrected chi connectivity index (χ0v) is 11.9. The van der Waals surface area contributed by atoms with Crippen LogP contribution >= 0.6 is 0 Å². The Labute approximate surface area is 124 Å². The summed E-state index contributed by atoms with van der Waals surface area (Å²) in [6.07, 6.45) is 0. The number of nitrogens with zero attached hydrogens (tertiary/aromatic N) is 1. The van der Waals surface area contributed by atoms with Gasteiger partial charge in [0.05, 0.1) is 31.9 Å². The molecule has 3 rings (SSSR count). The maximum atomic E-state index is 13.2. The predicted molar refractivity (Wildman–Crippen MR) is 81.1 cm³/mol. The first-order valence-corrected chi connectivity index (χ1v) is 7.33. The summed E-state index contributed by atoms with van der Waals surface area (Å²) in [5, 5.41) is 9.90. The molecule has 0 bridgehead atoms. The van der Waals surface area contributed by atoms with Crippen LogP contribution in [-0.2, 0) is 6.54 Å². The molecule has 0 radical (unpaired) electrons. The Morgan fingerprint density at radius 3 is 2.52 bits per heavy atom. The Morgan fingerprint density at radius 2 is 1.81 bits per heavy atom. The summed E-state index contributed by atoms with van der Waals surface area (Å²) in [4.78, 5) is 3.66. The van der Waals surface area contributed by atoms with Crippen LogP contribution in [0.2, 0.25) is 0 Å². The number of nitrogens with one attached hydrogen (secondary N) is 1. The smallest absolute Gasteiger partial charge is 0.138 e. The highest BCUT2D eigenvalue weighted by atomic mass is 19.1. The molecule has 0 spiro atoms. The third-order valence-electron chi connectivity index (χ3n) is 4.04. The summed E-state index contributed by atoms with van der Waals surface area (Å²) in [6.45, 7) is 4.65. The number of halogens is 1. The molecule has 0 saturated carbocycles. The fourth-order valence-corrected chi connectivity index (χ4v) is 2.91. The Hall–Kier alpha value is -2.07. The summed E-state index contributed by atoms with van der Waals surface area (Å²) in [5.41, 5.74) is 1.95. The highest BCUT2D eigenvalue weighted by Gasteiger charge is 2.21. The van der Waals surface area contributed by atoms with Crippen molar-refractivity contribution in [2.45, 2.75) is 6.54 Å². The predicted octanol–water partition coefficient (Wildman–Crippen LogP) is 1.44. The van der Waals surface area contributed by atoms with Crippen molar-refractivity contribution in [1.29, 1.82) is 0 Å². The molecule has 0 amide bonds. The molecule has 0 aliphatic carbocycles. The molecule has 0 unspecified atom stereocenters. The third kappa shape index (κ3) is 3.34. The summed E-state index contributed by atoms with van der Waals surface area (Å²) in [7, 11) is 0. The minimum atomic E-state index is -0.167. The topological polar surface area (TPSA) is 27.9 Å². The molecule has 110 valence electrons. The van der Waals surface area contributed by atoms with Gasteiger partial charge < -0.3 is 14.9 Å². The second kappa shape index (κ2) is 6.14. The van der Waals surface area contributed by atoms with Gasteiger partial charge in [0.25, 0.3) is 0 Å². The zero-order valence-electron chi connectivity index (χ0n) is 11.9. The van der Waals surface area contributed by atoms with Crippen LogP contribution in [0, 0.1) is 5.82 Å². The Bertz CT molecular complexity index is 609. The second-order valence-corrected chi connectivity index (χ2v) is 5.53. The summed E-state index contributed by atoms with van der Waals surface area (Å²) in [6, 6.07) is 14.3. The van der Waals surface area contributed by atoms with Crippen LogP contribution in [0.5, 0.6) is 5.75 Å². The molecule has 4 heteroatoms. The van der Waals surface area contributed by atoms with E-state index in [1.54, 1.807) is 18.2 Å². The first kappa shape index (κ1) is 13.9. The first-order chi connectivity index (χ1) is 10.2. The fraction of sp³-hybridized carbons (Fsp3) is 0.294. The molecule has 1 saturated heterocycles. The van der Waals surface area contributed by atoms with E-state index < -0.39 is 0 Å². The number of benzene rings is 2. The van der Waals surface area contributed by atoms with Gasteiger partial charge in [-0.25, -0.2) is 4.39 Å². The van der Waals surface area contributed by atoms with E-state index in [0.717, 1.165) is 44.0 Å². The molecule has 1 fully saturated rings. The van der Waals surface area contributed by atoms with Gasteiger partial charge in [0.2, 0.25) is 0 Å². The van der Waals surface area contributed by atoms with Crippen LogP contribution in [0.3, 0.4) is 0 Å². The maximum absolute atomic E-state index is 13.2. The zero-order chi connectivity index (χ0) is 14.7.